The topological polar surface area (TPSA) is 121 Å². The van der Waals surface area contributed by atoms with Gasteiger partial charge in [0.1, 0.15) is 0 Å². The van der Waals surface area contributed by atoms with E-state index < -0.39 is 11.9 Å². The number of aromatic amines is 1. The second-order valence-corrected chi connectivity index (χ2v) is 4.66. The number of nitrogen functional groups attached to an aromatic ring is 1. The number of halogens is 1. The molecule has 0 fully saturated rings. The predicted molar refractivity (Wildman–Crippen MR) is 89.1 cm³/mol. The number of carboxylic acid groups (broad SMARTS) is 1. The Kier molecular flexibility index (Phi) is 4.52. The highest BCUT2D eigenvalue weighted by Gasteiger charge is 2.16. The summed E-state index contributed by atoms with van der Waals surface area (Å²) in [5.41, 5.74) is 7.49. The molecule has 8 heteroatoms. The number of imidazole rings is 1. The standard InChI is InChI=1S/C15H12N4O3.ClH/c16-15-18-11-6-5-8(7-12(11)19-15)17-13(20)9-3-1-2-4-10(9)14(21)22;/h1-7H,(H,17,20)(H,21,22)(H3,16,18,19);1H. The molecule has 0 saturated carbocycles. The lowest BCUT2D eigenvalue weighted by Gasteiger charge is -2.07. The van der Waals surface area contributed by atoms with Gasteiger partial charge in [-0.3, -0.25) is 4.79 Å². The van der Waals surface area contributed by atoms with Crippen molar-refractivity contribution in [1.29, 1.82) is 0 Å². The van der Waals surface area contributed by atoms with Crippen LogP contribution in [0, 0.1) is 0 Å². The van der Waals surface area contributed by atoms with E-state index in [9.17, 15) is 9.59 Å². The molecule has 2 aromatic carbocycles. The second kappa shape index (κ2) is 6.37. The fraction of sp³-hybridized carbons (Fsp3) is 0. The number of hydrogen-bond donors (Lipinski definition) is 4. The molecule has 1 heterocycles. The number of rotatable bonds is 3. The van der Waals surface area contributed by atoms with Gasteiger partial charge >= 0.3 is 5.97 Å². The van der Waals surface area contributed by atoms with E-state index in [1.165, 1.54) is 12.1 Å². The zero-order chi connectivity index (χ0) is 15.7. The largest absolute Gasteiger partial charge is 0.478 e. The Hall–Kier alpha value is -3.06. The maximum Gasteiger partial charge on any atom is 0.336 e. The maximum absolute atomic E-state index is 12.3. The fourth-order valence-corrected chi connectivity index (χ4v) is 2.17. The minimum atomic E-state index is -1.15. The summed E-state index contributed by atoms with van der Waals surface area (Å²) in [5, 5.41) is 11.8. The molecule has 0 aliphatic heterocycles. The molecular weight excluding hydrogens is 320 g/mol. The molecule has 0 aliphatic rings. The van der Waals surface area contributed by atoms with Crippen molar-refractivity contribution in [3.05, 3.63) is 53.6 Å². The van der Waals surface area contributed by atoms with E-state index in [0.717, 1.165) is 0 Å². The molecule has 0 spiro atoms. The second-order valence-electron chi connectivity index (χ2n) is 4.66. The normalized spacial score (nSPS) is 10.1. The van der Waals surface area contributed by atoms with Crippen molar-refractivity contribution >= 4 is 47.0 Å². The Morgan fingerprint density at radius 3 is 2.52 bits per heavy atom. The third-order valence-corrected chi connectivity index (χ3v) is 3.16. The van der Waals surface area contributed by atoms with Crippen LogP contribution in [0.4, 0.5) is 11.6 Å². The van der Waals surface area contributed by atoms with Gasteiger partial charge in [-0.2, -0.15) is 0 Å². The van der Waals surface area contributed by atoms with E-state index in [0.29, 0.717) is 16.7 Å². The van der Waals surface area contributed by atoms with Crippen LogP contribution in [0.25, 0.3) is 11.0 Å². The molecule has 3 aromatic rings. The molecule has 1 aromatic heterocycles. The Balaban J connectivity index is 0.00000192. The quantitative estimate of drug-likeness (QED) is 0.587. The first-order valence-corrected chi connectivity index (χ1v) is 6.43. The van der Waals surface area contributed by atoms with E-state index >= 15 is 0 Å². The number of nitrogens with zero attached hydrogens (tertiary/aromatic N) is 1. The first-order chi connectivity index (χ1) is 10.5. The molecule has 7 nitrogen and oxygen atoms in total. The van der Waals surface area contributed by atoms with E-state index in [4.69, 9.17) is 10.8 Å². The highest BCUT2D eigenvalue weighted by molar-refractivity contribution is 6.11. The minimum absolute atomic E-state index is 0. The first-order valence-electron chi connectivity index (χ1n) is 6.43. The summed E-state index contributed by atoms with van der Waals surface area (Å²) in [5.74, 6) is -1.36. The van der Waals surface area contributed by atoms with Gasteiger partial charge in [0.2, 0.25) is 0 Å². The Morgan fingerprint density at radius 1 is 1.13 bits per heavy atom. The highest BCUT2D eigenvalue weighted by Crippen LogP contribution is 2.19. The smallest absolute Gasteiger partial charge is 0.336 e. The van der Waals surface area contributed by atoms with Gasteiger partial charge in [-0.1, -0.05) is 12.1 Å². The number of amides is 1. The van der Waals surface area contributed by atoms with Gasteiger partial charge in [0.15, 0.2) is 5.95 Å². The van der Waals surface area contributed by atoms with Crippen LogP contribution in [-0.2, 0) is 0 Å². The summed E-state index contributed by atoms with van der Waals surface area (Å²) in [6.07, 6.45) is 0. The molecular formula is C15H13ClN4O3. The van der Waals surface area contributed by atoms with Crippen molar-refractivity contribution in [1.82, 2.24) is 9.97 Å². The monoisotopic (exact) mass is 332 g/mol. The van der Waals surface area contributed by atoms with Crippen LogP contribution in [0.2, 0.25) is 0 Å². The van der Waals surface area contributed by atoms with Gasteiger partial charge in [0.05, 0.1) is 22.2 Å². The summed E-state index contributed by atoms with van der Waals surface area (Å²) in [4.78, 5) is 30.3. The minimum Gasteiger partial charge on any atom is -0.478 e. The molecule has 0 radical (unpaired) electrons. The van der Waals surface area contributed by atoms with Crippen molar-refractivity contribution in [2.24, 2.45) is 0 Å². The lowest BCUT2D eigenvalue weighted by Crippen LogP contribution is -2.16. The summed E-state index contributed by atoms with van der Waals surface area (Å²) in [6.45, 7) is 0. The number of carboxylic acids is 1. The van der Waals surface area contributed by atoms with Gasteiger partial charge in [-0.15, -0.1) is 12.4 Å². The maximum atomic E-state index is 12.3. The third kappa shape index (κ3) is 3.24. The van der Waals surface area contributed by atoms with Crippen molar-refractivity contribution < 1.29 is 14.7 Å². The number of carbonyl (C=O) groups excluding carboxylic acids is 1. The first kappa shape index (κ1) is 16.3. The lowest BCUT2D eigenvalue weighted by molar-refractivity contribution is 0.0692. The molecule has 23 heavy (non-hydrogen) atoms. The van der Waals surface area contributed by atoms with Gasteiger partial charge in [-0.25, -0.2) is 9.78 Å². The number of anilines is 2. The number of H-pyrrole nitrogens is 1. The number of aromatic carboxylic acids is 1. The van der Waals surface area contributed by atoms with Crippen LogP contribution in [0.3, 0.4) is 0 Å². The predicted octanol–water partition coefficient (Wildman–Crippen LogP) is 2.52. The average Bonchev–Trinajstić information content (AvgIpc) is 2.86. The van der Waals surface area contributed by atoms with Gasteiger partial charge in [0.25, 0.3) is 5.91 Å². The van der Waals surface area contributed by atoms with Crippen molar-refractivity contribution in [3.63, 3.8) is 0 Å². The molecule has 0 atom stereocenters. The highest BCUT2D eigenvalue weighted by atomic mass is 35.5. The van der Waals surface area contributed by atoms with Gasteiger partial charge in [0, 0.05) is 5.69 Å². The van der Waals surface area contributed by atoms with Crippen molar-refractivity contribution in [2.75, 3.05) is 11.1 Å². The number of nitrogens with one attached hydrogen (secondary N) is 2. The molecule has 3 rings (SSSR count). The van der Waals surface area contributed by atoms with E-state index in [1.807, 2.05) is 0 Å². The summed E-state index contributed by atoms with van der Waals surface area (Å²) in [6, 6.07) is 11.1. The Bertz CT molecular complexity index is 891. The SMILES string of the molecule is Cl.Nc1nc2ccc(NC(=O)c3ccccc3C(=O)O)cc2[nH]1. The fourth-order valence-electron chi connectivity index (χ4n) is 2.17. The lowest BCUT2D eigenvalue weighted by atomic mass is 10.1. The van der Waals surface area contributed by atoms with Crippen LogP contribution >= 0.6 is 12.4 Å². The van der Waals surface area contributed by atoms with Crippen LogP contribution in [0.15, 0.2) is 42.5 Å². The number of carbonyl (C=O) groups is 2. The number of nitrogens with two attached hydrogens (primary N) is 1. The molecule has 0 bridgehead atoms. The average molecular weight is 333 g/mol. The van der Waals surface area contributed by atoms with E-state index in [2.05, 4.69) is 15.3 Å². The molecule has 0 aliphatic carbocycles. The van der Waals surface area contributed by atoms with E-state index in [1.54, 1.807) is 30.3 Å². The zero-order valence-corrected chi connectivity index (χ0v) is 12.6. The molecule has 0 unspecified atom stereocenters. The molecule has 5 N–H and O–H groups in total. The van der Waals surface area contributed by atoms with E-state index in [-0.39, 0.29) is 29.5 Å². The molecule has 118 valence electrons. The van der Waals surface area contributed by atoms with Crippen LogP contribution in [0.5, 0.6) is 0 Å². The van der Waals surface area contributed by atoms with Crippen LogP contribution < -0.4 is 11.1 Å². The summed E-state index contributed by atoms with van der Waals surface area (Å²) in [7, 11) is 0. The third-order valence-electron chi connectivity index (χ3n) is 3.16. The number of benzene rings is 2. The summed E-state index contributed by atoms with van der Waals surface area (Å²) < 4.78 is 0. The number of aromatic nitrogens is 2. The number of fused-ring (bicyclic) bond motifs is 1. The summed E-state index contributed by atoms with van der Waals surface area (Å²) >= 11 is 0. The van der Waals surface area contributed by atoms with Crippen molar-refractivity contribution in [2.45, 2.75) is 0 Å². The molecule has 1 amide bonds. The van der Waals surface area contributed by atoms with Crippen LogP contribution in [0.1, 0.15) is 20.7 Å². The van der Waals surface area contributed by atoms with Gasteiger partial charge in [-0.05, 0) is 30.3 Å². The number of hydrogen-bond acceptors (Lipinski definition) is 4. The van der Waals surface area contributed by atoms with Gasteiger partial charge < -0.3 is 21.1 Å². The van der Waals surface area contributed by atoms with Crippen LogP contribution in [-0.4, -0.2) is 27.0 Å². The van der Waals surface area contributed by atoms with Crippen molar-refractivity contribution in [3.8, 4) is 0 Å². The Morgan fingerprint density at radius 2 is 1.83 bits per heavy atom. The zero-order valence-electron chi connectivity index (χ0n) is 11.7. The Labute approximate surface area is 136 Å². The molecule has 0 saturated heterocycles.